The summed E-state index contributed by atoms with van der Waals surface area (Å²) in [4.78, 5) is 9.19. The van der Waals surface area contributed by atoms with E-state index in [0.29, 0.717) is 16.3 Å². The van der Waals surface area contributed by atoms with Crippen LogP contribution in [0.3, 0.4) is 0 Å². The number of hydrogen-bond donors (Lipinski definition) is 0. The van der Waals surface area contributed by atoms with Gasteiger partial charge in [0.05, 0.1) is 5.39 Å². The topological polar surface area (TPSA) is 30.7 Å². The lowest BCUT2D eigenvalue weighted by Gasteiger charge is -2.08. The van der Waals surface area contributed by atoms with E-state index >= 15 is 0 Å². The molecule has 5 aromatic rings. The Morgan fingerprint density at radius 2 is 1.78 bits per heavy atom. The van der Waals surface area contributed by atoms with E-state index in [1.807, 2.05) is 24.3 Å². The first-order chi connectivity index (χ1) is 15.6. The zero-order valence-electron chi connectivity index (χ0n) is 17.3. The molecule has 0 saturated heterocycles. The van der Waals surface area contributed by atoms with E-state index < -0.39 is 0 Å². The van der Waals surface area contributed by atoms with E-state index in [9.17, 15) is 4.39 Å². The van der Waals surface area contributed by atoms with E-state index in [1.165, 1.54) is 23.4 Å². The van der Waals surface area contributed by atoms with Crippen molar-refractivity contribution in [3.63, 3.8) is 0 Å². The van der Waals surface area contributed by atoms with Gasteiger partial charge >= 0.3 is 0 Å². The number of halogens is 2. The quantitative estimate of drug-likeness (QED) is 0.201. The first kappa shape index (κ1) is 20.7. The van der Waals surface area contributed by atoms with Crippen LogP contribution in [0.15, 0.2) is 90.3 Å². The third-order valence-corrected chi connectivity index (χ3v) is 6.70. The number of nitrogens with zero attached hydrogens (tertiary/aromatic N) is 3. The fraction of sp³-hybridized carbons (Fsp3) is 0.0769. The summed E-state index contributed by atoms with van der Waals surface area (Å²) in [5.41, 5.74) is 5.60. The lowest BCUT2D eigenvalue weighted by molar-refractivity contribution is 0.617. The number of benzene rings is 3. The number of rotatable bonds is 5. The van der Waals surface area contributed by atoms with Gasteiger partial charge in [0.25, 0.3) is 0 Å². The molecule has 0 radical (unpaired) electrons. The van der Waals surface area contributed by atoms with Crippen molar-refractivity contribution in [2.75, 3.05) is 0 Å². The highest BCUT2D eigenvalue weighted by Gasteiger charge is 2.18. The van der Waals surface area contributed by atoms with Crippen molar-refractivity contribution < 1.29 is 4.39 Å². The van der Waals surface area contributed by atoms with Crippen LogP contribution in [0.4, 0.5) is 4.39 Å². The molecule has 0 spiro atoms. The summed E-state index contributed by atoms with van der Waals surface area (Å²) >= 11 is 7.71. The van der Waals surface area contributed by atoms with Crippen molar-refractivity contribution in [2.45, 2.75) is 17.7 Å². The summed E-state index contributed by atoms with van der Waals surface area (Å²) in [5, 5.41) is 2.15. The molecule has 0 aliphatic carbocycles. The summed E-state index contributed by atoms with van der Waals surface area (Å²) in [5.74, 6) is 0.0671. The molecule has 2 heterocycles. The zero-order chi connectivity index (χ0) is 22.1. The molecule has 5 rings (SSSR count). The molecular formula is C26H19ClFN3S. The van der Waals surface area contributed by atoms with E-state index in [0.717, 1.165) is 32.9 Å². The van der Waals surface area contributed by atoms with Crippen molar-refractivity contribution in [3.8, 4) is 16.8 Å². The summed E-state index contributed by atoms with van der Waals surface area (Å²) in [6, 6.07) is 23.2. The lowest BCUT2D eigenvalue weighted by atomic mass is 10.1. The molecule has 3 aromatic carbocycles. The van der Waals surface area contributed by atoms with E-state index in [4.69, 9.17) is 11.6 Å². The number of hydrogen-bond acceptors (Lipinski definition) is 3. The van der Waals surface area contributed by atoms with Crippen LogP contribution in [0.25, 0.3) is 27.8 Å². The Morgan fingerprint density at radius 3 is 2.56 bits per heavy atom. The molecule has 0 unspecified atom stereocenters. The monoisotopic (exact) mass is 459 g/mol. The zero-order valence-corrected chi connectivity index (χ0v) is 18.9. The Kier molecular flexibility index (Phi) is 5.68. The molecule has 2 aromatic heterocycles. The van der Waals surface area contributed by atoms with Gasteiger partial charge in [-0.1, -0.05) is 60.1 Å². The number of aryl methyl sites for hydroxylation is 1. The molecule has 0 bridgehead atoms. The Balaban J connectivity index is 1.67. The predicted molar refractivity (Wildman–Crippen MR) is 130 cm³/mol. The van der Waals surface area contributed by atoms with E-state index in [-0.39, 0.29) is 5.82 Å². The Hall–Kier alpha value is -3.15. The normalized spacial score (nSPS) is 11.2. The fourth-order valence-electron chi connectivity index (χ4n) is 3.77. The molecule has 0 atom stereocenters. The number of thioether (sulfide) groups is 1. The molecule has 0 N–H and O–H groups in total. The second kappa shape index (κ2) is 8.77. The molecule has 158 valence electrons. The van der Waals surface area contributed by atoms with Crippen LogP contribution in [-0.2, 0) is 5.75 Å². The maximum absolute atomic E-state index is 14.3. The third-order valence-electron chi connectivity index (χ3n) is 5.33. The van der Waals surface area contributed by atoms with Crippen LogP contribution in [0.1, 0.15) is 11.1 Å². The van der Waals surface area contributed by atoms with Gasteiger partial charge < -0.3 is 4.57 Å². The van der Waals surface area contributed by atoms with Gasteiger partial charge in [-0.05, 0) is 42.3 Å². The number of fused-ring (bicyclic) bond motifs is 1. The highest BCUT2D eigenvalue weighted by molar-refractivity contribution is 7.98. The molecule has 0 aliphatic rings. The van der Waals surface area contributed by atoms with Gasteiger partial charge in [-0.3, -0.25) is 0 Å². The largest absolute Gasteiger partial charge is 0.301 e. The first-order valence-electron chi connectivity index (χ1n) is 10.2. The molecule has 0 saturated carbocycles. The van der Waals surface area contributed by atoms with Crippen molar-refractivity contribution >= 4 is 34.4 Å². The van der Waals surface area contributed by atoms with Crippen LogP contribution in [0.5, 0.6) is 0 Å². The highest BCUT2D eigenvalue weighted by atomic mass is 35.5. The summed E-state index contributed by atoms with van der Waals surface area (Å²) in [7, 11) is 0. The van der Waals surface area contributed by atoms with Gasteiger partial charge in [-0.2, -0.15) is 0 Å². The molecule has 6 heteroatoms. The minimum atomic E-state index is -0.309. The minimum Gasteiger partial charge on any atom is -0.301 e. The van der Waals surface area contributed by atoms with Crippen molar-refractivity contribution in [1.82, 2.24) is 14.5 Å². The van der Waals surface area contributed by atoms with Gasteiger partial charge in [-0.15, -0.1) is 11.8 Å². The van der Waals surface area contributed by atoms with Gasteiger partial charge in [0.1, 0.15) is 22.8 Å². The average molecular weight is 460 g/mol. The summed E-state index contributed by atoms with van der Waals surface area (Å²) in [6.45, 7) is 2.07. The van der Waals surface area contributed by atoms with Crippen molar-refractivity contribution in [1.29, 1.82) is 0 Å². The smallest absolute Gasteiger partial charge is 0.149 e. The molecule has 0 aliphatic heterocycles. The minimum absolute atomic E-state index is 0.309. The third kappa shape index (κ3) is 3.90. The maximum Gasteiger partial charge on any atom is 0.149 e. The second-order valence-corrected chi connectivity index (χ2v) is 8.86. The van der Waals surface area contributed by atoms with Crippen LogP contribution in [-0.4, -0.2) is 14.5 Å². The van der Waals surface area contributed by atoms with Crippen molar-refractivity contribution in [2.24, 2.45) is 0 Å². The van der Waals surface area contributed by atoms with E-state index in [2.05, 4.69) is 58.0 Å². The molecule has 3 nitrogen and oxygen atoms in total. The second-order valence-electron chi connectivity index (χ2n) is 7.48. The molecular weight excluding hydrogens is 441 g/mol. The highest BCUT2D eigenvalue weighted by Crippen LogP contribution is 2.38. The number of aromatic nitrogens is 3. The Labute approximate surface area is 194 Å². The van der Waals surface area contributed by atoms with Gasteiger partial charge in [0.2, 0.25) is 0 Å². The molecule has 0 amide bonds. The summed E-state index contributed by atoms with van der Waals surface area (Å²) < 4.78 is 16.4. The fourth-order valence-corrected chi connectivity index (χ4v) is 5.12. The SMILES string of the molecule is Cc1cccc(-n2cc(-c3ccccc3)c3c(SCc4c(F)cccc4Cl)ncnc32)c1. The molecule has 32 heavy (non-hydrogen) atoms. The van der Waals surface area contributed by atoms with Crippen LogP contribution < -0.4 is 0 Å². The standard InChI is InChI=1S/C26H19ClFN3S/c1-17-7-5-10-19(13-17)31-14-20(18-8-3-2-4-9-18)24-25(31)29-16-30-26(24)32-15-21-22(27)11-6-12-23(21)28/h2-14,16H,15H2,1H3. The van der Waals surface area contributed by atoms with E-state index in [1.54, 1.807) is 18.5 Å². The van der Waals surface area contributed by atoms with Gasteiger partial charge in [-0.25, -0.2) is 14.4 Å². The van der Waals surface area contributed by atoms with Crippen LogP contribution in [0.2, 0.25) is 5.02 Å². The van der Waals surface area contributed by atoms with Gasteiger partial charge in [0, 0.05) is 33.8 Å². The predicted octanol–water partition coefficient (Wildman–Crippen LogP) is 7.48. The van der Waals surface area contributed by atoms with Crippen LogP contribution in [0, 0.1) is 12.7 Å². The Morgan fingerprint density at radius 1 is 0.969 bits per heavy atom. The Bertz CT molecular complexity index is 1400. The summed E-state index contributed by atoms with van der Waals surface area (Å²) in [6.07, 6.45) is 3.66. The first-order valence-corrected chi connectivity index (χ1v) is 11.5. The maximum atomic E-state index is 14.3. The van der Waals surface area contributed by atoms with Crippen LogP contribution >= 0.6 is 23.4 Å². The molecule has 0 fully saturated rings. The van der Waals surface area contributed by atoms with Gasteiger partial charge in [0.15, 0.2) is 0 Å². The lowest BCUT2D eigenvalue weighted by Crippen LogP contribution is -1.96. The average Bonchev–Trinajstić information content (AvgIpc) is 3.20. The van der Waals surface area contributed by atoms with Crippen molar-refractivity contribution in [3.05, 3.63) is 107 Å².